The number of hydrogen-bond donors (Lipinski definition) is 1. The molecule has 136 valence electrons. The van der Waals surface area contributed by atoms with Gasteiger partial charge < -0.3 is 15.0 Å². The van der Waals surface area contributed by atoms with Crippen LogP contribution in [0.4, 0.5) is 17.2 Å². The normalized spacial score (nSPS) is 12.6. The van der Waals surface area contributed by atoms with E-state index >= 15 is 0 Å². The lowest BCUT2D eigenvalue weighted by molar-refractivity contribution is 0.102. The average Bonchev–Trinajstić information content (AvgIpc) is 3.12. The number of amides is 1. The SMILES string of the molecule is COc1ccc(Cl)cc1NC(=O)c1cnc(N2CCc3ccccc32)cn1. The molecule has 0 radical (unpaired) electrons. The maximum Gasteiger partial charge on any atom is 0.275 e. The number of fused-ring (bicyclic) bond motifs is 1. The number of halogens is 1. The molecule has 0 aliphatic carbocycles. The van der Waals surface area contributed by atoms with E-state index in [4.69, 9.17) is 16.3 Å². The van der Waals surface area contributed by atoms with E-state index < -0.39 is 0 Å². The van der Waals surface area contributed by atoms with Crippen LogP contribution in [0.15, 0.2) is 54.9 Å². The van der Waals surface area contributed by atoms with Gasteiger partial charge in [-0.1, -0.05) is 29.8 Å². The number of nitrogens with one attached hydrogen (secondary N) is 1. The van der Waals surface area contributed by atoms with Crippen molar-refractivity contribution in [1.82, 2.24) is 9.97 Å². The van der Waals surface area contributed by atoms with Crippen LogP contribution in [0.1, 0.15) is 16.1 Å². The van der Waals surface area contributed by atoms with Crippen LogP contribution in [-0.2, 0) is 6.42 Å². The summed E-state index contributed by atoms with van der Waals surface area (Å²) in [5, 5.41) is 3.26. The van der Waals surface area contributed by atoms with Gasteiger partial charge in [0.1, 0.15) is 11.4 Å². The number of carbonyl (C=O) groups is 1. The molecule has 0 unspecified atom stereocenters. The molecule has 0 spiro atoms. The van der Waals surface area contributed by atoms with E-state index in [1.54, 1.807) is 24.4 Å². The van der Waals surface area contributed by atoms with Crippen molar-refractivity contribution in [2.45, 2.75) is 6.42 Å². The van der Waals surface area contributed by atoms with E-state index in [2.05, 4.69) is 32.3 Å². The van der Waals surface area contributed by atoms with Crippen molar-refractivity contribution in [3.05, 3.63) is 71.1 Å². The van der Waals surface area contributed by atoms with Gasteiger partial charge in [0.2, 0.25) is 0 Å². The molecule has 1 aromatic heterocycles. The van der Waals surface area contributed by atoms with Gasteiger partial charge >= 0.3 is 0 Å². The number of carbonyl (C=O) groups excluding carboxylic acids is 1. The first-order valence-electron chi connectivity index (χ1n) is 8.48. The fraction of sp³-hybridized carbons (Fsp3) is 0.150. The lowest BCUT2D eigenvalue weighted by atomic mass is 10.2. The maximum absolute atomic E-state index is 12.5. The first-order valence-corrected chi connectivity index (χ1v) is 8.86. The van der Waals surface area contributed by atoms with E-state index in [1.165, 1.54) is 18.9 Å². The number of ether oxygens (including phenoxy) is 1. The smallest absolute Gasteiger partial charge is 0.275 e. The van der Waals surface area contributed by atoms with Gasteiger partial charge in [-0.15, -0.1) is 0 Å². The summed E-state index contributed by atoms with van der Waals surface area (Å²) in [5.41, 5.74) is 3.12. The Morgan fingerprint density at radius 3 is 2.81 bits per heavy atom. The molecule has 1 amide bonds. The Morgan fingerprint density at radius 1 is 1.19 bits per heavy atom. The van der Waals surface area contributed by atoms with Crippen LogP contribution in [0.5, 0.6) is 5.75 Å². The molecule has 0 fully saturated rings. The number of para-hydroxylation sites is 1. The van der Waals surface area contributed by atoms with Crippen molar-refractivity contribution in [1.29, 1.82) is 0 Å². The lowest BCUT2D eigenvalue weighted by Gasteiger charge is -2.18. The Bertz CT molecular complexity index is 992. The van der Waals surface area contributed by atoms with Gasteiger partial charge in [0.25, 0.3) is 5.91 Å². The van der Waals surface area contributed by atoms with E-state index in [0.29, 0.717) is 16.5 Å². The third-order valence-electron chi connectivity index (χ3n) is 4.44. The Balaban J connectivity index is 1.53. The Hall–Kier alpha value is -3.12. The van der Waals surface area contributed by atoms with E-state index in [-0.39, 0.29) is 11.6 Å². The molecule has 1 N–H and O–H groups in total. The molecule has 1 aliphatic heterocycles. The fourth-order valence-corrected chi connectivity index (χ4v) is 3.29. The summed E-state index contributed by atoms with van der Waals surface area (Å²) in [4.78, 5) is 23.3. The number of rotatable bonds is 4. The number of hydrogen-bond acceptors (Lipinski definition) is 5. The van der Waals surface area contributed by atoms with Crippen molar-refractivity contribution in [2.75, 3.05) is 23.9 Å². The third kappa shape index (κ3) is 3.44. The summed E-state index contributed by atoms with van der Waals surface area (Å²) in [6.45, 7) is 0.847. The van der Waals surface area contributed by atoms with E-state index in [9.17, 15) is 4.79 Å². The second-order valence-electron chi connectivity index (χ2n) is 6.09. The minimum atomic E-state index is -0.378. The summed E-state index contributed by atoms with van der Waals surface area (Å²) in [6.07, 6.45) is 4.06. The minimum absolute atomic E-state index is 0.216. The average molecular weight is 381 g/mol. The van der Waals surface area contributed by atoms with Gasteiger partial charge in [0.05, 0.1) is 25.2 Å². The fourth-order valence-electron chi connectivity index (χ4n) is 3.12. The number of anilines is 3. The minimum Gasteiger partial charge on any atom is -0.495 e. The Labute approximate surface area is 161 Å². The summed E-state index contributed by atoms with van der Waals surface area (Å²) in [5.74, 6) is 0.860. The molecule has 0 atom stereocenters. The number of aromatic nitrogens is 2. The molecule has 4 rings (SSSR count). The summed E-state index contributed by atoms with van der Waals surface area (Å²) in [6, 6.07) is 13.2. The van der Waals surface area contributed by atoms with Gasteiger partial charge in [-0.05, 0) is 36.2 Å². The highest BCUT2D eigenvalue weighted by atomic mass is 35.5. The summed E-state index contributed by atoms with van der Waals surface area (Å²) in [7, 11) is 1.53. The molecule has 1 aliphatic rings. The highest BCUT2D eigenvalue weighted by Crippen LogP contribution is 2.33. The molecule has 0 saturated carbocycles. The number of benzene rings is 2. The van der Waals surface area contributed by atoms with Crippen LogP contribution in [-0.4, -0.2) is 29.5 Å². The van der Waals surface area contributed by atoms with Crippen molar-refractivity contribution >= 4 is 34.7 Å². The zero-order chi connectivity index (χ0) is 18.8. The van der Waals surface area contributed by atoms with E-state index in [0.717, 1.165) is 24.5 Å². The lowest BCUT2D eigenvalue weighted by Crippen LogP contribution is -2.18. The molecule has 3 aromatic rings. The van der Waals surface area contributed by atoms with Crippen molar-refractivity contribution in [3.8, 4) is 5.75 Å². The molecule has 0 bridgehead atoms. The Kier molecular flexibility index (Phi) is 4.64. The maximum atomic E-state index is 12.5. The topological polar surface area (TPSA) is 67.3 Å². The predicted molar refractivity (Wildman–Crippen MR) is 105 cm³/mol. The number of nitrogens with zero attached hydrogens (tertiary/aromatic N) is 3. The second-order valence-corrected chi connectivity index (χ2v) is 6.53. The molecular formula is C20H17ClN4O2. The van der Waals surface area contributed by atoms with Crippen LogP contribution in [0, 0.1) is 0 Å². The van der Waals surface area contributed by atoms with Gasteiger partial charge in [0, 0.05) is 17.3 Å². The molecular weight excluding hydrogens is 364 g/mol. The molecule has 2 heterocycles. The summed E-state index contributed by atoms with van der Waals surface area (Å²) < 4.78 is 5.24. The molecule has 6 nitrogen and oxygen atoms in total. The van der Waals surface area contributed by atoms with Crippen LogP contribution in [0.2, 0.25) is 5.02 Å². The van der Waals surface area contributed by atoms with Gasteiger partial charge in [-0.25, -0.2) is 9.97 Å². The largest absolute Gasteiger partial charge is 0.495 e. The van der Waals surface area contributed by atoms with Crippen LogP contribution < -0.4 is 15.0 Å². The zero-order valence-corrected chi connectivity index (χ0v) is 15.4. The van der Waals surface area contributed by atoms with E-state index in [1.807, 2.05) is 12.1 Å². The standard InChI is InChI=1S/C20H17ClN4O2/c1-27-18-7-6-14(21)10-15(18)24-20(26)16-11-23-19(12-22-16)25-9-8-13-4-2-3-5-17(13)25/h2-7,10-12H,8-9H2,1H3,(H,24,26). The molecule has 0 saturated heterocycles. The van der Waals surface area contributed by atoms with Crippen molar-refractivity contribution < 1.29 is 9.53 Å². The summed E-state index contributed by atoms with van der Waals surface area (Å²) >= 11 is 6.00. The second kappa shape index (κ2) is 7.25. The Morgan fingerprint density at radius 2 is 2.04 bits per heavy atom. The highest BCUT2D eigenvalue weighted by Gasteiger charge is 2.21. The first-order chi connectivity index (χ1) is 13.2. The van der Waals surface area contributed by atoms with Crippen LogP contribution in [0.3, 0.4) is 0 Å². The molecule has 27 heavy (non-hydrogen) atoms. The van der Waals surface area contributed by atoms with Crippen molar-refractivity contribution in [3.63, 3.8) is 0 Å². The van der Waals surface area contributed by atoms with Gasteiger partial charge in [-0.2, -0.15) is 0 Å². The number of methoxy groups -OCH3 is 1. The highest BCUT2D eigenvalue weighted by molar-refractivity contribution is 6.31. The van der Waals surface area contributed by atoms with Crippen molar-refractivity contribution in [2.24, 2.45) is 0 Å². The monoisotopic (exact) mass is 380 g/mol. The third-order valence-corrected chi connectivity index (χ3v) is 4.68. The predicted octanol–water partition coefficient (Wildman–Crippen LogP) is 4.09. The van der Waals surface area contributed by atoms with Crippen LogP contribution in [0.25, 0.3) is 0 Å². The van der Waals surface area contributed by atoms with Gasteiger partial charge in [-0.3, -0.25) is 4.79 Å². The first kappa shape index (κ1) is 17.3. The molecule has 7 heteroatoms. The van der Waals surface area contributed by atoms with Gasteiger partial charge in [0.15, 0.2) is 5.82 Å². The quantitative estimate of drug-likeness (QED) is 0.738. The zero-order valence-electron chi connectivity index (χ0n) is 14.6. The van der Waals surface area contributed by atoms with Crippen LogP contribution >= 0.6 is 11.6 Å². The molecule has 2 aromatic carbocycles.